The summed E-state index contributed by atoms with van der Waals surface area (Å²) in [5, 5.41) is 20.1. The van der Waals surface area contributed by atoms with Crippen molar-refractivity contribution in [3.05, 3.63) is 33.9 Å². The Kier molecular flexibility index (Phi) is 5.23. The van der Waals surface area contributed by atoms with Crippen molar-refractivity contribution in [2.45, 2.75) is 13.8 Å². The number of nitro groups is 1. The Morgan fingerprint density at radius 3 is 2.48 bits per heavy atom. The van der Waals surface area contributed by atoms with Crippen LogP contribution in [0.3, 0.4) is 0 Å². The summed E-state index contributed by atoms with van der Waals surface area (Å²) in [6.07, 6.45) is 0. The van der Waals surface area contributed by atoms with Gasteiger partial charge < -0.3 is 15.7 Å². The van der Waals surface area contributed by atoms with Gasteiger partial charge in [0.15, 0.2) is 0 Å². The lowest BCUT2D eigenvalue weighted by Crippen LogP contribution is -2.36. The molecular weight excluding hydrogens is 278 g/mol. The molecule has 1 rings (SSSR count). The van der Waals surface area contributed by atoms with Crippen molar-refractivity contribution in [3.63, 3.8) is 0 Å². The largest absolute Gasteiger partial charge is 0.478 e. The molecule has 0 radical (unpaired) electrons. The highest BCUT2D eigenvalue weighted by molar-refractivity contribution is 5.91. The molecule has 1 aromatic rings. The normalized spacial score (nSPS) is 10.4. The Morgan fingerprint density at radius 1 is 1.43 bits per heavy atom. The number of nitro benzene ring substituents is 1. The van der Waals surface area contributed by atoms with Crippen LogP contribution >= 0.6 is 0 Å². The fourth-order valence-corrected chi connectivity index (χ4v) is 1.94. The van der Waals surface area contributed by atoms with Crippen molar-refractivity contribution < 1.29 is 19.6 Å². The van der Waals surface area contributed by atoms with E-state index in [4.69, 9.17) is 10.8 Å². The first-order chi connectivity index (χ1) is 9.72. The fraction of sp³-hybridized carbons (Fsp3) is 0.385. The second kappa shape index (κ2) is 6.69. The Morgan fingerprint density at radius 2 is 2.05 bits per heavy atom. The minimum atomic E-state index is -1.20. The van der Waals surface area contributed by atoms with Crippen molar-refractivity contribution in [2.75, 3.05) is 18.0 Å². The summed E-state index contributed by atoms with van der Waals surface area (Å²) in [6, 6.07) is 3.46. The Bertz CT molecular complexity index is 571. The molecule has 0 bridgehead atoms. The van der Waals surface area contributed by atoms with Crippen LogP contribution in [0.5, 0.6) is 0 Å². The lowest BCUT2D eigenvalue weighted by Gasteiger charge is -2.25. The summed E-state index contributed by atoms with van der Waals surface area (Å²) in [7, 11) is 0. The molecule has 0 atom stereocenters. The molecular formula is C13H17N3O5. The van der Waals surface area contributed by atoms with E-state index in [1.165, 1.54) is 11.0 Å². The molecule has 1 aromatic carbocycles. The zero-order valence-electron chi connectivity index (χ0n) is 11.8. The van der Waals surface area contributed by atoms with E-state index < -0.39 is 16.8 Å². The van der Waals surface area contributed by atoms with Crippen LogP contribution in [0, 0.1) is 16.0 Å². The molecule has 0 saturated carbocycles. The smallest absolute Gasteiger partial charge is 0.335 e. The number of rotatable bonds is 7. The lowest BCUT2D eigenvalue weighted by atomic mass is 10.1. The van der Waals surface area contributed by atoms with Crippen LogP contribution in [-0.2, 0) is 4.79 Å². The molecule has 0 saturated heterocycles. The van der Waals surface area contributed by atoms with Gasteiger partial charge in [-0.05, 0) is 18.1 Å². The fourth-order valence-electron chi connectivity index (χ4n) is 1.94. The molecule has 0 heterocycles. The number of nitrogens with two attached hydrogens (primary N) is 1. The summed E-state index contributed by atoms with van der Waals surface area (Å²) in [4.78, 5) is 34.1. The lowest BCUT2D eigenvalue weighted by molar-refractivity contribution is -0.384. The maximum atomic E-state index is 11.2. The van der Waals surface area contributed by atoms with E-state index in [9.17, 15) is 19.7 Å². The second-order valence-electron chi connectivity index (χ2n) is 5.01. The summed E-state index contributed by atoms with van der Waals surface area (Å²) in [5.41, 5.74) is 4.89. The zero-order chi connectivity index (χ0) is 16.2. The Labute approximate surface area is 121 Å². The monoisotopic (exact) mass is 295 g/mol. The van der Waals surface area contributed by atoms with Crippen LogP contribution in [0.2, 0.25) is 0 Å². The molecule has 0 fully saturated rings. The molecule has 21 heavy (non-hydrogen) atoms. The van der Waals surface area contributed by atoms with E-state index in [1.54, 1.807) is 0 Å². The number of carboxylic acids is 1. The number of benzene rings is 1. The van der Waals surface area contributed by atoms with Crippen molar-refractivity contribution in [3.8, 4) is 0 Å². The van der Waals surface area contributed by atoms with E-state index in [2.05, 4.69) is 0 Å². The molecule has 0 aliphatic carbocycles. The van der Waals surface area contributed by atoms with Gasteiger partial charge >= 0.3 is 5.97 Å². The summed E-state index contributed by atoms with van der Waals surface area (Å²) in [6.45, 7) is 3.87. The van der Waals surface area contributed by atoms with Gasteiger partial charge in [-0.15, -0.1) is 0 Å². The highest BCUT2D eigenvalue weighted by Crippen LogP contribution is 2.30. The Balaban J connectivity index is 3.36. The van der Waals surface area contributed by atoms with Gasteiger partial charge in [0.25, 0.3) is 5.69 Å². The predicted molar refractivity (Wildman–Crippen MR) is 76.3 cm³/mol. The predicted octanol–water partition coefficient (Wildman–Crippen LogP) is 1.24. The first kappa shape index (κ1) is 16.4. The van der Waals surface area contributed by atoms with Gasteiger partial charge in [0.2, 0.25) is 5.91 Å². The third-order valence-electron chi connectivity index (χ3n) is 2.69. The molecule has 8 nitrogen and oxygen atoms in total. The molecule has 1 amide bonds. The quantitative estimate of drug-likeness (QED) is 0.575. The number of nitrogens with zero attached hydrogens (tertiary/aromatic N) is 2. The van der Waals surface area contributed by atoms with E-state index in [1.807, 2.05) is 13.8 Å². The summed E-state index contributed by atoms with van der Waals surface area (Å²) in [5.74, 6) is -1.74. The van der Waals surface area contributed by atoms with Crippen LogP contribution in [-0.4, -0.2) is 35.0 Å². The van der Waals surface area contributed by atoms with Gasteiger partial charge in [0.05, 0.1) is 17.0 Å². The molecule has 0 aromatic heterocycles. The zero-order valence-corrected chi connectivity index (χ0v) is 11.8. The minimum Gasteiger partial charge on any atom is -0.478 e. The number of carboxylic acid groups (broad SMARTS) is 1. The van der Waals surface area contributed by atoms with Crippen molar-refractivity contribution in [1.82, 2.24) is 0 Å². The first-order valence-electron chi connectivity index (χ1n) is 6.27. The van der Waals surface area contributed by atoms with Gasteiger partial charge in [-0.25, -0.2) is 4.79 Å². The summed E-state index contributed by atoms with van der Waals surface area (Å²) >= 11 is 0. The second-order valence-corrected chi connectivity index (χ2v) is 5.01. The van der Waals surface area contributed by atoms with E-state index in [0.29, 0.717) is 6.54 Å². The summed E-state index contributed by atoms with van der Waals surface area (Å²) < 4.78 is 0. The average Bonchev–Trinajstić information content (AvgIpc) is 2.35. The molecule has 8 heteroatoms. The standard InChI is InChI=1S/C13H17N3O5/c1-8(2)6-15(7-12(14)17)11-5-9(13(18)19)3-4-10(11)16(20)21/h3-5,8H,6-7H2,1-2H3,(H2,14,17)(H,18,19). The number of hydrogen-bond acceptors (Lipinski definition) is 5. The molecule has 3 N–H and O–H groups in total. The maximum Gasteiger partial charge on any atom is 0.335 e. The van der Waals surface area contributed by atoms with Crippen molar-refractivity contribution in [1.29, 1.82) is 0 Å². The highest BCUT2D eigenvalue weighted by atomic mass is 16.6. The number of primary amides is 1. The van der Waals surface area contributed by atoms with Crippen molar-refractivity contribution in [2.24, 2.45) is 11.7 Å². The van der Waals surface area contributed by atoms with Crippen molar-refractivity contribution >= 4 is 23.3 Å². The van der Waals surface area contributed by atoms with Crippen LogP contribution in [0.25, 0.3) is 0 Å². The molecule has 0 aliphatic heterocycles. The third-order valence-corrected chi connectivity index (χ3v) is 2.69. The van der Waals surface area contributed by atoms with E-state index in [-0.39, 0.29) is 29.4 Å². The molecule has 0 unspecified atom stereocenters. The van der Waals surface area contributed by atoms with Gasteiger partial charge in [-0.2, -0.15) is 0 Å². The van der Waals surface area contributed by atoms with Crippen LogP contribution in [0.4, 0.5) is 11.4 Å². The van der Waals surface area contributed by atoms with E-state index in [0.717, 1.165) is 12.1 Å². The number of hydrogen-bond donors (Lipinski definition) is 2. The first-order valence-corrected chi connectivity index (χ1v) is 6.27. The number of amides is 1. The number of carbonyl (C=O) groups excluding carboxylic acids is 1. The SMILES string of the molecule is CC(C)CN(CC(N)=O)c1cc(C(=O)O)ccc1[N+](=O)[O-]. The van der Waals surface area contributed by atoms with Gasteiger partial charge in [-0.1, -0.05) is 13.8 Å². The number of aromatic carboxylic acids is 1. The van der Waals surface area contributed by atoms with Crippen LogP contribution in [0.15, 0.2) is 18.2 Å². The topological polar surface area (TPSA) is 127 Å². The van der Waals surface area contributed by atoms with Crippen LogP contribution in [0.1, 0.15) is 24.2 Å². The number of carbonyl (C=O) groups is 2. The molecule has 0 aliphatic rings. The molecule has 0 spiro atoms. The van der Waals surface area contributed by atoms with E-state index >= 15 is 0 Å². The number of anilines is 1. The van der Waals surface area contributed by atoms with Gasteiger partial charge in [-0.3, -0.25) is 14.9 Å². The van der Waals surface area contributed by atoms with Crippen LogP contribution < -0.4 is 10.6 Å². The Hall–Kier alpha value is -2.64. The van der Waals surface area contributed by atoms with Gasteiger partial charge in [0.1, 0.15) is 5.69 Å². The third kappa shape index (κ3) is 4.44. The molecule has 114 valence electrons. The average molecular weight is 295 g/mol. The highest BCUT2D eigenvalue weighted by Gasteiger charge is 2.23. The van der Waals surface area contributed by atoms with Gasteiger partial charge in [0, 0.05) is 12.6 Å². The maximum absolute atomic E-state index is 11.2. The minimum absolute atomic E-state index is 0.0763.